The van der Waals surface area contributed by atoms with E-state index >= 15 is 0 Å². The van der Waals surface area contributed by atoms with Gasteiger partial charge in [0.15, 0.2) is 0 Å². The molecule has 1 aromatic rings. The Morgan fingerprint density at radius 1 is 1.33 bits per heavy atom. The van der Waals surface area contributed by atoms with Crippen LogP contribution in [-0.2, 0) is 6.54 Å². The maximum Gasteiger partial charge on any atom is 0.218 e. The molecule has 118 valence electrons. The standard InChI is InChI=1S/C17H27BrN2O/c1-12-7-5-6-8-15(12)21-16-13(9-14(18)11-19-16)10-20-17(2,3)4/h9,11-12,15,20H,5-8,10H2,1-4H3. The Morgan fingerprint density at radius 2 is 2.05 bits per heavy atom. The maximum atomic E-state index is 6.25. The molecule has 0 amide bonds. The molecule has 2 atom stereocenters. The highest BCUT2D eigenvalue weighted by Gasteiger charge is 2.24. The van der Waals surface area contributed by atoms with E-state index in [0.29, 0.717) is 12.0 Å². The summed E-state index contributed by atoms with van der Waals surface area (Å²) in [5, 5.41) is 3.51. The summed E-state index contributed by atoms with van der Waals surface area (Å²) in [7, 11) is 0. The predicted octanol–water partition coefficient (Wildman–Crippen LogP) is 4.69. The molecule has 2 unspecified atom stereocenters. The van der Waals surface area contributed by atoms with Crippen molar-refractivity contribution in [3.8, 4) is 5.88 Å². The monoisotopic (exact) mass is 354 g/mol. The summed E-state index contributed by atoms with van der Waals surface area (Å²) in [6, 6.07) is 2.11. The Bertz CT molecular complexity index is 470. The van der Waals surface area contributed by atoms with E-state index in [0.717, 1.165) is 28.9 Å². The summed E-state index contributed by atoms with van der Waals surface area (Å²) in [5.74, 6) is 1.40. The fourth-order valence-electron chi connectivity index (χ4n) is 2.66. The second-order valence-electron chi connectivity index (χ2n) is 7.14. The van der Waals surface area contributed by atoms with Gasteiger partial charge >= 0.3 is 0 Å². The zero-order chi connectivity index (χ0) is 15.5. The van der Waals surface area contributed by atoms with Crippen LogP contribution in [0.15, 0.2) is 16.7 Å². The lowest BCUT2D eigenvalue weighted by molar-refractivity contribution is 0.0961. The third-order valence-corrected chi connectivity index (χ3v) is 4.43. The summed E-state index contributed by atoms with van der Waals surface area (Å²) < 4.78 is 7.24. The first kappa shape index (κ1) is 16.8. The number of nitrogens with one attached hydrogen (secondary N) is 1. The van der Waals surface area contributed by atoms with E-state index in [1.54, 1.807) is 0 Å². The SMILES string of the molecule is CC1CCCCC1Oc1ncc(Br)cc1CNC(C)(C)C. The molecule has 3 nitrogen and oxygen atoms in total. The third kappa shape index (κ3) is 5.26. The lowest BCUT2D eigenvalue weighted by Gasteiger charge is -2.30. The van der Waals surface area contributed by atoms with Crippen LogP contribution in [-0.4, -0.2) is 16.6 Å². The van der Waals surface area contributed by atoms with Crippen LogP contribution in [0.1, 0.15) is 58.9 Å². The number of rotatable bonds is 4. The van der Waals surface area contributed by atoms with Gasteiger partial charge in [-0.25, -0.2) is 4.98 Å². The molecule has 0 aliphatic heterocycles. The van der Waals surface area contributed by atoms with Gasteiger partial charge in [0.2, 0.25) is 5.88 Å². The van der Waals surface area contributed by atoms with Gasteiger partial charge in [-0.05, 0) is 67.9 Å². The van der Waals surface area contributed by atoms with Gasteiger partial charge < -0.3 is 10.1 Å². The van der Waals surface area contributed by atoms with Crippen molar-refractivity contribution in [1.29, 1.82) is 0 Å². The lowest BCUT2D eigenvalue weighted by atomic mass is 9.88. The topological polar surface area (TPSA) is 34.1 Å². The summed E-state index contributed by atoms with van der Waals surface area (Å²) in [6.07, 6.45) is 7.13. The summed E-state index contributed by atoms with van der Waals surface area (Å²) in [6.45, 7) is 9.56. The Labute approximate surface area is 137 Å². The van der Waals surface area contributed by atoms with Crippen LogP contribution >= 0.6 is 15.9 Å². The molecule has 1 aliphatic rings. The summed E-state index contributed by atoms with van der Waals surface area (Å²) in [5.41, 5.74) is 1.20. The molecule has 1 aliphatic carbocycles. The van der Waals surface area contributed by atoms with E-state index in [-0.39, 0.29) is 5.54 Å². The van der Waals surface area contributed by atoms with Crippen LogP contribution in [0.4, 0.5) is 0 Å². The fraction of sp³-hybridized carbons (Fsp3) is 0.706. The molecule has 0 bridgehead atoms. The Kier molecular flexibility index (Phi) is 5.67. The molecule has 0 saturated heterocycles. The van der Waals surface area contributed by atoms with Crippen LogP contribution in [0.25, 0.3) is 0 Å². The van der Waals surface area contributed by atoms with Crippen molar-refractivity contribution >= 4 is 15.9 Å². The van der Waals surface area contributed by atoms with Crippen LogP contribution in [0.3, 0.4) is 0 Å². The molecule has 0 spiro atoms. The maximum absolute atomic E-state index is 6.25. The van der Waals surface area contributed by atoms with E-state index < -0.39 is 0 Å². The van der Waals surface area contributed by atoms with Crippen molar-refractivity contribution in [1.82, 2.24) is 10.3 Å². The van der Waals surface area contributed by atoms with E-state index in [2.05, 4.69) is 60.0 Å². The first-order valence-corrected chi connectivity index (χ1v) is 8.70. The van der Waals surface area contributed by atoms with Gasteiger partial charge in [-0.1, -0.05) is 13.3 Å². The second kappa shape index (κ2) is 7.10. The zero-order valence-electron chi connectivity index (χ0n) is 13.6. The van der Waals surface area contributed by atoms with Crippen molar-refractivity contribution in [2.45, 2.75) is 71.6 Å². The minimum absolute atomic E-state index is 0.0811. The molecule has 0 radical (unpaired) electrons. The number of pyridine rings is 1. The van der Waals surface area contributed by atoms with Crippen LogP contribution < -0.4 is 10.1 Å². The van der Waals surface area contributed by atoms with Gasteiger partial charge in [0, 0.05) is 28.3 Å². The largest absolute Gasteiger partial charge is 0.474 e. The minimum atomic E-state index is 0.0811. The van der Waals surface area contributed by atoms with Gasteiger partial charge in [-0.2, -0.15) is 0 Å². The van der Waals surface area contributed by atoms with Gasteiger partial charge in [0.05, 0.1) is 0 Å². The first-order chi connectivity index (χ1) is 9.85. The Balaban J connectivity index is 2.10. The first-order valence-electron chi connectivity index (χ1n) is 7.91. The number of aromatic nitrogens is 1. The molecular formula is C17H27BrN2O. The van der Waals surface area contributed by atoms with Crippen LogP contribution in [0.5, 0.6) is 5.88 Å². The molecule has 21 heavy (non-hydrogen) atoms. The molecular weight excluding hydrogens is 328 g/mol. The van der Waals surface area contributed by atoms with Crippen molar-refractivity contribution in [2.24, 2.45) is 5.92 Å². The summed E-state index contributed by atoms with van der Waals surface area (Å²) >= 11 is 3.51. The van der Waals surface area contributed by atoms with Crippen molar-refractivity contribution in [3.05, 3.63) is 22.3 Å². The van der Waals surface area contributed by atoms with Crippen molar-refractivity contribution in [3.63, 3.8) is 0 Å². The zero-order valence-corrected chi connectivity index (χ0v) is 15.2. The van der Waals surface area contributed by atoms with Crippen LogP contribution in [0.2, 0.25) is 0 Å². The van der Waals surface area contributed by atoms with Crippen molar-refractivity contribution < 1.29 is 4.74 Å². The molecule has 4 heteroatoms. The van der Waals surface area contributed by atoms with Gasteiger partial charge in [-0.3, -0.25) is 0 Å². The quantitative estimate of drug-likeness (QED) is 0.851. The van der Waals surface area contributed by atoms with E-state index in [1.807, 2.05) is 6.20 Å². The lowest BCUT2D eigenvalue weighted by Crippen LogP contribution is -2.35. The number of hydrogen-bond donors (Lipinski definition) is 1. The molecule has 2 rings (SSSR count). The Morgan fingerprint density at radius 3 is 2.71 bits per heavy atom. The van der Waals surface area contributed by atoms with E-state index in [1.165, 1.54) is 19.3 Å². The third-order valence-electron chi connectivity index (χ3n) is 4.00. The van der Waals surface area contributed by atoms with E-state index in [4.69, 9.17) is 4.74 Å². The Hall–Kier alpha value is -0.610. The fourth-order valence-corrected chi connectivity index (χ4v) is 3.04. The van der Waals surface area contributed by atoms with Gasteiger partial charge in [-0.15, -0.1) is 0 Å². The molecule has 1 heterocycles. The van der Waals surface area contributed by atoms with Gasteiger partial charge in [0.1, 0.15) is 6.10 Å². The predicted molar refractivity (Wildman–Crippen MR) is 90.6 cm³/mol. The molecule has 0 aromatic carbocycles. The highest BCUT2D eigenvalue weighted by molar-refractivity contribution is 9.10. The van der Waals surface area contributed by atoms with Gasteiger partial charge in [0.25, 0.3) is 0 Å². The number of nitrogens with zero attached hydrogens (tertiary/aromatic N) is 1. The second-order valence-corrected chi connectivity index (χ2v) is 8.06. The number of halogens is 1. The van der Waals surface area contributed by atoms with Crippen LogP contribution in [0, 0.1) is 5.92 Å². The molecule has 1 fully saturated rings. The average molecular weight is 355 g/mol. The summed E-state index contributed by atoms with van der Waals surface area (Å²) in [4.78, 5) is 4.50. The highest BCUT2D eigenvalue weighted by atomic mass is 79.9. The average Bonchev–Trinajstić information content (AvgIpc) is 2.40. The molecule has 1 saturated carbocycles. The van der Waals surface area contributed by atoms with E-state index in [9.17, 15) is 0 Å². The van der Waals surface area contributed by atoms with Crippen molar-refractivity contribution in [2.75, 3.05) is 0 Å². The highest BCUT2D eigenvalue weighted by Crippen LogP contribution is 2.29. The normalized spacial score (nSPS) is 23.1. The minimum Gasteiger partial charge on any atom is -0.474 e. The number of ether oxygens (including phenoxy) is 1. The molecule has 1 aromatic heterocycles. The smallest absolute Gasteiger partial charge is 0.218 e. The molecule has 1 N–H and O–H groups in total. The number of hydrogen-bond acceptors (Lipinski definition) is 3.